The van der Waals surface area contributed by atoms with Gasteiger partial charge in [-0.2, -0.15) is 0 Å². The second-order valence-electron chi connectivity index (χ2n) is 9.52. The highest BCUT2D eigenvalue weighted by Crippen LogP contribution is 2.31. The van der Waals surface area contributed by atoms with Gasteiger partial charge in [-0.1, -0.05) is 36.8 Å². The van der Waals surface area contributed by atoms with Crippen molar-refractivity contribution in [1.29, 1.82) is 0 Å². The molecule has 41 heavy (non-hydrogen) atoms. The molecule has 1 aliphatic rings. The summed E-state index contributed by atoms with van der Waals surface area (Å²) in [6.07, 6.45) is 3.43. The lowest BCUT2D eigenvalue weighted by Gasteiger charge is -2.22. The molecule has 10 heteroatoms. The molecular weight excluding hydrogens is 544 g/mol. The molecule has 212 valence electrons. The standard InChI is InChI=1S/C31H30N2O7S/c1-5-7-16-38-29(35)21-11-9-20(10-12-21)23-15-13-22(40-23)17-25-28(34)33-27(24-14-8-18(3)39-24)26(30(36)37-6-2)19(4)32-31(33)41-25/h8-15,17,27H,5-7,16H2,1-4H3/b25-17-/t27-/m1/s1. The summed E-state index contributed by atoms with van der Waals surface area (Å²) in [5.74, 6) is 1.26. The monoisotopic (exact) mass is 574 g/mol. The van der Waals surface area contributed by atoms with Crippen LogP contribution in [0, 0.1) is 6.92 Å². The van der Waals surface area contributed by atoms with Gasteiger partial charge in [0.1, 0.15) is 29.1 Å². The van der Waals surface area contributed by atoms with Crippen molar-refractivity contribution in [2.75, 3.05) is 13.2 Å². The summed E-state index contributed by atoms with van der Waals surface area (Å²) < 4.78 is 24.3. The summed E-state index contributed by atoms with van der Waals surface area (Å²) >= 11 is 1.20. The molecule has 3 aromatic heterocycles. The van der Waals surface area contributed by atoms with Crippen LogP contribution in [-0.4, -0.2) is 29.7 Å². The first-order chi connectivity index (χ1) is 19.8. The Morgan fingerprint density at radius 3 is 2.46 bits per heavy atom. The zero-order valence-electron chi connectivity index (χ0n) is 23.3. The molecule has 0 fully saturated rings. The van der Waals surface area contributed by atoms with E-state index < -0.39 is 12.0 Å². The molecule has 4 aromatic rings. The summed E-state index contributed by atoms with van der Waals surface area (Å²) in [6, 6.07) is 13.3. The molecule has 0 aliphatic carbocycles. The highest BCUT2D eigenvalue weighted by Gasteiger charge is 2.35. The number of carbonyl (C=O) groups excluding carboxylic acids is 2. The molecule has 0 amide bonds. The number of hydrogen-bond acceptors (Lipinski definition) is 9. The number of rotatable bonds is 9. The SMILES string of the molecule is CCCCOC(=O)c1ccc(-c2ccc(/C=c3\sc4n(c3=O)[C@H](c3ccc(C)o3)C(C(=O)OCC)=C(C)N=4)o2)cc1. The van der Waals surface area contributed by atoms with Crippen LogP contribution in [0.1, 0.15) is 67.3 Å². The Bertz CT molecular complexity index is 1800. The quantitative estimate of drug-likeness (QED) is 0.206. The average Bonchev–Trinajstić information content (AvgIpc) is 3.68. The number of benzene rings is 1. The summed E-state index contributed by atoms with van der Waals surface area (Å²) in [4.78, 5) is 43.8. The van der Waals surface area contributed by atoms with Crippen LogP contribution in [0.4, 0.5) is 0 Å². The van der Waals surface area contributed by atoms with Gasteiger partial charge >= 0.3 is 11.9 Å². The van der Waals surface area contributed by atoms with Gasteiger partial charge < -0.3 is 18.3 Å². The maximum atomic E-state index is 13.7. The molecule has 0 bridgehead atoms. The van der Waals surface area contributed by atoms with E-state index in [0.717, 1.165) is 18.4 Å². The van der Waals surface area contributed by atoms with E-state index in [-0.39, 0.29) is 23.7 Å². The lowest BCUT2D eigenvalue weighted by atomic mass is 10.0. The van der Waals surface area contributed by atoms with E-state index in [1.165, 1.54) is 15.9 Å². The summed E-state index contributed by atoms with van der Waals surface area (Å²) in [5.41, 5.74) is 1.65. The molecule has 4 heterocycles. The van der Waals surface area contributed by atoms with Crippen molar-refractivity contribution in [2.24, 2.45) is 4.99 Å². The average molecular weight is 575 g/mol. The van der Waals surface area contributed by atoms with Crippen LogP contribution in [0.25, 0.3) is 17.4 Å². The highest BCUT2D eigenvalue weighted by molar-refractivity contribution is 7.07. The van der Waals surface area contributed by atoms with E-state index in [2.05, 4.69) is 4.99 Å². The molecule has 1 atom stereocenters. The summed E-state index contributed by atoms with van der Waals surface area (Å²) in [7, 11) is 0. The van der Waals surface area contributed by atoms with Crippen LogP contribution in [0.15, 0.2) is 78.4 Å². The fourth-order valence-electron chi connectivity index (χ4n) is 4.54. The Morgan fingerprint density at radius 2 is 1.78 bits per heavy atom. The zero-order chi connectivity index (χ0) is 29.1. The number of fused-ring (bicyclic) bond motifs is 1. The molecule has 5 rings (SSSR count). The van der Waals surface area contributed by atoms with Gasteiger partial charge in [0.05, 0.1) is 34.6 Å². The Kier molecular flexibility index (Phi) is 8.21. The van der Waals surface area contributed by atoms with Crippen molar-refractivity contribution in [3.05, 3.63) is 102 Å². The maximum Gasteiger partial charge on any atom is 0.338 e. The molecule has 0 N–H and O–H groups in total. The third kappa shape index (κ3) is 5.74. The zero-order valence-corrected chi connectivity index (χ0v) is 24.1. The van der Waals surface area contributed by atoms with Crippen LogP contribution in [-0.2, 0) is 14.3 Å². The van der Waals surface area contributed by atoms with E-state index in [9.17, 15) is 14.4 Å². The van der Waals surface area contributed by atoms with Gasteiger partial charge in [0.25, 0.3) is 5.56 Å². The number of nitrogens with zero attached hydrogens (tertiary/aromatic N) is 2. The topological polar surface area (TPSA) is 113 Å². The molecule has 0 unspecified atom stereocenters. The highest BCUT2D eigenvalue weighted by atomic mass is 32.1. The van der Waals surface area contributed by atoms with Gasteiger partial charge in [-0.15, -0.1) is 0 Å². The number of hydrogen-bond donors (Lipinski definition) is 0. The first-order valence-electron chi connectivity index (χ1n) is 13.4. The van der Waals surface area contributed by atoms with Gasteiger partial charge in [-0.25, -0.2) is 14.6 Å². The minimum Gasteiger partial charge on any atom is -0.464 e. The van der Waals surface area contributed by atoms with Gasteiger partial charge in [0.2, 0.25) is 0 Å². The number of allylic oxidation sites excluding steroid dienone is 1. The number of aryl methyl sites for hydroxylation is 1. The van der Waals surface area contributed by atoms with Crippen molar-refractivity contribution in [3.63, 3.8) is 0 Å². The Hall–Kier alpha value is -4.44. The van der Waals surface area contributed by atoms with E-state index >= 15 is 0 Å². The molecule has 0 radical (unpaired) electrons. The molecule has 9 nitrogen and oxygen atoms in total. The largest absolute Gasteiger partial charge is 0.464 e. The number of carbonyl (C=O) groups is 2. The number of unbranched alkanes of at least 4 members (excludes halogenated alkanes) is 1. The second kappa shape index (κ2) is 12.0. The third-order valence-corrected chi connectivity index (χ3v) is 7.57. The van der Waals surface area contributed by atoms with Crippen LogP contribution >= 0.6 is 11.3 Å². The van der Waals surface area contributed by atoms with Crippen molar-refractivity contribution in [1.82, 2.24) is 4.57 Å². The molecule has 0 spiro atoms. The third-order valence-electron chi connectivity index (χ3n) is 6.58. The summed E-state index contributed by atoms with van der Waals surface area (Å²) in [6.45, 7) is 7.88. The molecule has 0 saturated carbocycles. The lowest BCUT2D eigenvalue weighted by molar-refractivity contribution is -0.139. The van der Waals surface area contributed by atoms with Crippen molar-refractivity contribution in [3.8, 4) is 11.3 Å². The number of esters is 2. The fraction of sp³-hybridized carbons (Fsp3) is 0.290. The Morgan fingerprint density at radius 1 is 1.00 bits per heavy atom. The first-order valence-corrected chi connectivity index (χ1v) is 14.3. The Balaban J connectivity index is 1.47. The molecule has 0 saturated heterocycles. The van der Waals surface area contributed by atoms with E-state index in [1.54, 1.807) is 75.4 Å². The van der Waals surface area contributed by atoms with Crippen molar-refractivity contribution < 1.29 is 27.9 Å². The minimum atomic E-state index is -0.805. The van der Waals surface area contributed by atoms with Gasteiger partial charge in [0.15, 0.2) is 4.80 Å². The van der Waals surface area contributed by atoms with Crippen LogP contribution in [0.5, 0.6) is 0 Å². The minimum absolute atomic E-state index is 0.191. The molecular formula is C31H30N2O7S. The summed E-state index contributed by atoms with van der Waals surface area (Å²) in [5, 5.41) is 0. The number of furan rings is 2. The van der Waals surface area contributed by atoms with Crippen LogP contribution in [0.3, 0.4) is 0 Å². The number of aromatic nitrogens is 1. The van der Waals surface area contributed by atoms with Gasteiger partial charge in [0, 0.05) is 11.6 Å². The molecule has 1 aromatic carbocycles. The van der Waals surface area contributed by atoms with Crippen LogP contribution in [0.2, 0.25) is 0 Å². The van der Waals surface area contributed by atoms with Crippen molar-refractivity contribution in [2.45, 2.75) is 46.6 Å². The van der Waals surface area contributed by atoms with E-state index in [4.69, 9.17) is 18.3 Å². The van der Waals surface area contributed by atoms with Crippen molar-refractivity contribution >= 4 is 29.4 Å². The predicted octanol–water partition coefficient (Wildman–Crippen LogP) is 4.92. The number of ether oxygens (including phenoxy) is 2. The second-order valence-corrected chi connectivity index (χ2v) is 10.5. The predicted molar refractivity (Wildman–Crippen MR) is 153 cm³/mol. The lowest BCUT2D eigenvalue weighted by Crippen LogP contribution is -2.39. The number of thiazole rings is 1. The van der Waals surface area contributed by atoms with Gasteiger partial charge in [-0.05, 0) is 63.6 Å². The van der Waals surface area contributed by atoms with E-state index in [1.807, 2.05) is 6.92 Å². The maximum absolute atomic E-state index is 13.7. The first kappa shape index (κ1) is 28.1. The van der Waals surface area contributed by atoms with Gasteiger partial charge in [-0.3, -0.25) is 9.36 Å². The molecule has 1 aliphatic heterocycles. The van der Waals surface area contributed by atoms with E-state index in [0.29, 0.717) is 50.2 Å². The van der Waals surface area contributed by atoms with Crippen LogP contribution < -0.4 is 14.9 Å². The fourth-order valence-corrected chi connectivity index (χ4v) is 5.57. The Labute approximate surface area is 240 Å². The normalized spacial score (nSPS) is 15.0. The smallest absolute Gasteiger partial charge is 0.338 e.